The van der Waals surface area contributed by atoms with Crippen molar-refractivity contribution in [2.24, 2.45) is 0 Å². The number of rotatable bonds is 9. The molecule has 114 valence electrons. The van der Waals surface area contributed by atoms with E-state index in [0.717, 1.165) is 4.90 Å². The van der Waals surface area contributed by atoms with Gasteiger partial charge in [0.15, 0.2) is 0 Å². The lowest BCUT2D eigenvalue weighted by Gasteiger charge is -2.33. The average molecular weight is 316 g/mol. The lowest BCUT2D eigenvalue weighted by molar-refractivity contribution is 0.0707. The summed E-state index contributed by atoms with van der Waals surface area (Å²) in [5.41, 5.74) is 0. The SMILES string of the molecule is CCO[Si](OCC)(OCC)C(C)Sc1ccc(O)cc1. The minimum absolute atomic E-state index is 0.0897. The zero-order valence-electron chi connectivity index (χ0n) is 12.6. The van der Waals surface area contributed by atoms with Crippen molar-refractivity contribution in [3.05, 3.63) is 24.3 Å². The summed E-state index contributed by atoms with van der Waals surface area (Å²) in [5, 5.41) is 9.33. The van der Waals surface area contributed by atoms with E-state index in [1.807, 2.05) is 32.9 Å². The fourth-order valence-corrected chi connectivity index (χ4v) is 6.34. The number of benzene rings is 1. The van der Waals surface area contributed by atoms with Gasteiger partial charge in [-0.1, -0.05) is 0 Å². The third-order valence-electron chi connectivity index (χ3n) is 2.68. The molecule has 1 atom stereocenters. The Labute approximate surface area is 126 Å². The van der Waals surface area contributed by atoms with Gasteiger partial charge in [0.2, 0.25) is 0 Å². The Hall–Kier alpha value is -0.533. The largest absolute Gasteiger partial charge is 0.514 e. The highest BCUT2D eigenvalue weighted by molar-refractivity contribution is 8.01. The monoisotopic (exact) mass is 316 g/mol. The van der Waals surface area contributed by atoms with E-state index in [4.69, 9.17) is 13.3 Å². The van der Waals surface area contributed by atoms with Crippen LogP contribution in [-0.2, 0) is 13.3 Å². The number of hydrogen-bond donors (Lipinski definition) is 1. The van der Waals surface area contributed by atoms with E-state index < -0.39 is 8.80 Å². The molecule has 0 heterocycles. The van der Waals surface area contributed by atoms with Crippen LogP contribution in [0.15, 0.2) is 29.2 Å². The second-order valence-corrected chi connectivity index (χ2v) is 8.93. The van der Waals surface area contributed by atoms with Gasteiger partial charge < -0.3 is 18.4 Å². The van der Waals surface area contributed by atoms with E-state index in [0.29, 0.717) is 19.8 Å². The standard InChI is InChI=1S/C14H24O4SSi/c1-5-16-20(17-6-2,18-7-3)12(4)19-14-10-8-13(15)9-11-14/h8-12,15H,5-7H2,1-4H3. The highest BCUT2D eigenvalue weighted by atomic mass is 32.2. The number of aromatic hydroxyl groups is 1. The van der Waals surface area contributed by atoms with E-state index >= 15 is 0 Å². The number of hydrogen-bond acceptors (Lipinski definition) is 5. The number of thioether (sulfide) groups is 1. The summed E-state index contributed by atoms with van der Waals surface area (Å²) in [6, 6.07) is 7.14. The van der Waals surface area contributed by atoms with Gasteiger partial charge in [-0.15, -0.1) is 11.8 Å². The molecule has 1 aromatic rings. The fourth-order valence-electron chi connectivity index (χ4n) is 1.88. The van der Waals surface area contributed by atoms with Crippen molar-refractivity contribution in [1.29, 1.82) is 0 Å². The molecule has 0 aliphatic rings. The average Bonchev–Trinajstić information content (AvgIpc) is 2.42. The molecular weight excluding hydrogens is 292 g/mol. The Morgan fingerprint density at radius 2 is 1.45 bits per heavy atom. The van der Waals surface area contributed by atoms with Gasteiger partial charge in [0.1, 0.15) is 5.75 Å². The molecular formula is C14H24O4SSi. The predicted octanol–water partition coefficient (Wildman–Crippen LogP) is 3.46. The molecule has 4 nitrogen and oxygen atoms in total. The summed E-state index contributed by atoms with van der Waals surface area (Å²) in [5.74, 6) is 0.268. The van der Waals surface area contributed by atoms with Crippen LogP contribution in [0.2, 0.25) is 0 Å². The second-order valence-electron chi connectivity index (χ2n) is 4.16. The van der Waals surface area contributed by atoms with Crippen molar-refractivity contribution in [3.8, 4) is 5.75 Å². The van der Waals surface area contributed by atoms with Crippen molar-refractivity contribution in [2.75, 3.05) is 19.8 Å². The molecule has 0 spiro atoms. The van der Waals surface area contributed by atoms with Crippen LogP contribution < -0.4 is 0 Å². The summed E-state index contributed by atoms with van der Waals surface area (Å²) in [6.45, 7) is 9.67. The molecule has 1 rings (SSSR count). The Morgan fingerprint density at radius 3 is 1.85 bits per heavy atom. The molecule has 0 saturated heterocycles. The van der Waals surface area contributed by atoms with E-state index in [-0.39, 0.29) is 10.6 Å². The van der Waals surface area contributed by atoms with Crippen molar-refractivity contribution in [2.45, 2.75) is 37.5 Å². The Balaban J connectivity index is 2.85. The third kappa shape index (κ3) is 4.78. The van der Waals surface area contributed by atoms with Gasteiger partial charge in [0, 0.05) is 24.7 Å². The fraction of sp³-hybridized carbons (Fsp3) is 0.571. The minimum Gasteiger partial charge on any atom is -0.508 e. The zero-order chi connectivity index (χ0) is 15.0. The maximum atomic E-state index is 9.33. The van der Waals surface area contributed by atoms with Gasteiger partial charge >= 0.3 is 8.80 Å². The van der Waals surface area contributed by atoms with E-state index in [2.05, 4.69) is 6.92 Å². The summed E-state index contributed by atoms with van der Waals surface area (Å²) >= 11 is 1.65. The molecule has 6 heteroatoms. The smallest absolute Gasteiger partial charge is 0.508 e. The van der Waals surface area contributed by atoms with Crippen molar-refractivity contribution in [1.82, 2.24) is 0 Å². The van der Waals surface area contributed by atoms with E-state index in [1.165, 1.54) is 0 Å². The highest BCUT2D eigenvalue weighted by Gasteiger charge is 2.47. The molecule has 20 heavy (non-hydrogen) atoms. The molecule has 1 aromatic carbocycles. The normalized spacial score (nSPS) is 13.4. The molecule has 1 unspecified atom stereocenters. The van der Waals surface area contributed by atoms with Crippen LogP contribution in [0.25, 0.3) is 0 Å². The van der Waals surface area contributed by atoms with Gasteiger partial charge in [-0.2, -0.15) is 0 Å². The zero-order valence-corrected chi connectivity index (χ0v) is 14.4. The first-order valence-electron chi connectivity index (χ1n) is 6.95. The van der Waals surface area contributed by atoms with E-state index in [1.54, 1.807) is 23.9 Å². The van der Waals surface area contributed by atoms with Gasteiger partial charge in [0.05, 0.1) is 4.87 Å². The second kappa shape index (κ2) is 8.69. The highest BCUT2D eigenvalue weighted by Crippen LogP contribution is 2.32. The molecule has 0 aliphatic heterocycles. The number of phenols is 1. The minimum atomic E-state index is -2.69. The van der Waals surface area contributed by atoms with Gasteiger partial charge in [-0.05, 0) is 52.0 Å². The first kappa shape index (κ1) is 17.5. The molecule has 0 aromatic heterocycles. The van der Waals surface area contributed by atoms with Gasteiger partial charge in [0.25, 0.3) is 0 Å². The molecule has 0 saturated carbocycles. The maximum Gasteiger partial charge on any atom is 0.514 e. The van der Waals surface area contributed by atoms with Crippen LogP contribution in [0.1, 0.15) is 27.7 Å². The van der Waals surface area contributed by atoms with Crippen molar-refractivity contribution >= 4 is 20.6 Å². The van der Waals surface area contributed by atoms with Gasteiger partial charge in [-0.3, -0.25) is 0 Å². The van der Waals surface area contributed by atoms with Crippen molar-refractivity contribution < 1.29 is 18.4 Å². The molecule has 0 bridgehead atoms. The van der Waals surface area contributed by atoms with Crippen LogP contribution >= 0.6 is 11.8 Å². The Bertz CT molecular complexity index is 368. The summed E-state index contributed by atoms with van der Waals surface area (Å²) < 4.78 is 17.7. The predicted molar refractivity (Wildman–Crippen MR) is 84.1 cm³/mol. The summed E-state index contributed by atoms with van der Waals surface area (Å²) in [4.78, 5) is 1.15. The Morgan fingerprint density at radius 1 is 1.00 bits per heavy atom. The van der Waals surface area contributed by atoms with Crippen LogP contribution in [0.4, 0.5) is 0 Å². The van der Waals surface area contributed by atoms with E-state index in [9.17, 15) is 5.11 Å². The molecule has 1 N–H and O–H groups in total. The quantitative estimate of drug-likeness (QED) is 0.558. The number of phenolic OH excluding ortho intramolecular Hbond substituents is 1. The molecule has 0 amide bonds. The lowest BCUT2D eigenvalue weighted by Crippen LogP contribution is -2.54. The molecule has 0 radical (unpaired) electrons. The first-order valence-corrected chi connectivity index (χ1v) is 9.63. The molecule has 0 aliphatic carbocycles. The first-order chi connectivity index (χ1) is 9.57. The summed E-state index contributed by atoms with van der Waals surface area (Å²) in [6.07, 6.45) is 0. The van der Waals surface area contributed by atoms with Gasteiger partial charge in [-0.25, -0.2) is 0 Å². The summed E-state index contributed by atoms with van der Waals surface area (Å²) in [7, 11) is -2.69. The van der Waals surface area contributed by atoms with Crippen LogP contribution in [0.5, 0.6) is 5.75 Å². The lowest BCUT2D eigenvalue weighted by atomic mass is 10.3. The van der Waals surface area contributed by atoms with Crippen LogP contribution in [0, 0.1) is 0 Å². The topological polar surface area (TPSA) is 47.9 Å². The van der Waals surface area contributed by atoms with Crippen LogP contribution in [0.3, 0.4) is 0 Å². The maximum absolute atomic E-state index is 9.33. The third-order valence-corrected chi connectivity index (χ3v) is 7.87. The Kier molecular flexibility index (Phi) is 7.61. The van der Waals surface area contributed by atoms with Crippen molar-refractivity contribution in [3.63, 3.8) is 0 Å². The molecule has 0 fully saturated rings. The van der Waals surface area contributed by atoms with Crippen LogP contribution in [-0.4, -0.2) is 38.6 Å².